The maximum absolute atomic E-state index is 12.4. The van der Waals surface area contributed by atoms with E-state index in [0.29, 0.717) is 12.2 Å². The van der Waals surface area contributed by atoms with E-state index in [1.165, 1.54) is 0 Å². The van der Waals surface area contributed by atoms with Gasteiger partial charge in [0.15, 0.2) is 5.69 Å². The summed E-state index contributed by atoms with van der Waals surface area (Å²) in [6.45, 7) is 0.446. The van der Waals surface area contributed by atoms with Crippen LogP contribution in [0.2, 0.25) is 0 Å². The Balaban J connectivity index is 1.46. The Kier molecular flexibility index (Phi) is 4.13. The lowest BCUT2D eigenvalue weighted by Crippen LogP contribution is -2.24. The molecular weight excluding hydrogens is 322 g/mol. The molecule has 6 heteroatoms. The summed E-state index contributed by atoms with van der Waals surface area (Å²) in [6, 6.07) is 7.96. The van der Waals surface area contributed by atoms with Crippen LogP contribution >= 0.6 is 11.3 Å². The van der Waals surface area contributed by atoms with E-state index >= 15 is 0 Å². The fourth-order valence-corrected chi connectivity index (χ4v) is 3.67. The van der Waals surface area contributed by atoms with Gasteiger partial charge in [0, 0.05) is 24.7 Å². The van der Waals surface area contributed by atoms with Crippen molar-refractivity contribution >= 4 is 17.2 Å². The van der Waals surface area contributed by atoms with Crippen molar-refractivity contribution in [2.45, 2.75) is 32.2 Å². The summed E-state index contributed by atoms with van der Waals surface area (Å²) in [5.74, 6) is 0.701. The van der Waals surface area contributed by atoms with E-state index in [2.05, 4.69) is 15.5 Å². The molecule has 0 fully saturated rings. The zero-order valence-electron chi connectivity index (χ0n) is 13.1. The molecule has 1 N–H and O–H groups in total. The second kappa shape index (κ2) is 6.57. The van der Waals surface area contributed by atoms with E-state index in [-0.39, 0.29) is 5.91 Å². The zero-order valence-corrected chi connectivity index (χ0v) is 13.9. The number of fused-ring (bicyclic) bond motifs is 1. The van der Waals surface area contributed by atoms with Gasteiger partial charge in [0.05, 0.1) is 10.6 Å². The van der Waals surface area contributed by atoms with Gasteiger partial charge in [-0.1, -0.05) is 11.2 Å². The first kappa shape index (κ1) is 15.1. The van der Waals surface area contributed by atoms with Gasteiger partial charge in [-0.05, 0) is 48.4 Å². The van der Waals surface area contributed by atoms with Gasteiger partial charge in [-0.25, -0.2) is 0 Å². The molecule has 0 saturated heterocycles. The maximum Gasteiger partial charge on any atom is 0.274 e. The molecular formula is C18H17N3O2S. The number of pyridine rings is 1. The number of thiophene rings is 1. The molecule has 24 heavy (non-hydrogen) atoms. The highest BCUT2D eigenvalue weighted by Crippen LogP contribution is 2.25. The van der Waals surface area contributed by atoms with Gasteiger partial charge in [0.1, 0.15) is 5.76 Å². The van der Waals surface area contributed by atoms with Gasteiger partial charge in [-0.15, -0.1) is 11.3 Å². The van der Waals surface area contributed by atoms with E-state index in [1.807, 2.05) is 29.6 Å². The molecule has 0 radical (unpaired) electrons. The molecule has 0 aromatic carbocycles. The number of carbonyl (C=O) groups is 1. The SMILES string of the molecule is O=C(NCc1ccnc(-c2cccs2)c1)c1noc2c1CCCC2. The number of amides is 1. The summed E-state index contributed by atoms with van der Waals surface area (Å²) >= 11 is 1.65. The second-order valence-corrected chi connectivity index (χ2v) is 6.80. The van der Waals surface area contributed by atoms with Gasteiger partial charge in [0.2, 0.25) is 0 Å². The Morgan fingerprint density at radius 1 is 1.29 bits per heavy atom. The Morgan fingerprint density at radius 2 is 2.21 bits per heavy atom. The number of nitrogens with one attached hydrogen (secondary N) is 1. The van der Waals surface area contributed by atoms with Crippen LogP contribution in [0.25, 0.3) is 10.6 Å². The van der Waals surface area contributed by atoms with E-state index in [1.54, 1.807) is 17.5 Å². The number of carbonyl (C=O) groups excluding carboxylic acids is 1. The lowest BCUT2D eigenvalue weighted by Gasteiger charge is -2.09. The number of hydrogen-bond donors (Lipinski definition) is 1. The van der Waals surface area contributed by atoms with E-state index in [0.717, 1.165) is 53.1 Å². The molecule has 0 unspecified atom stereocenters. The standard InChI is InChI=1S/C18H17N3O2S/c22-18(17-13-4-1-2-5-15(13)23-21-17)20-11-12-7-8-19-14(10-12)16-6-3-9-24-16/h3,6-10H,1-2,4-5,11H2,(H,20,22). The van der Waals surface area contributed by atoms with Crippen molar-refractivity contribution in [1.82, 2.24) is 15.5 Å². The fourth-order valence-electron chi connectivity index (χ4n) is 2.97. The molecule has 3 heterocycles. The topological polar surface area (TPSA) is 68.0 Å². The predicted molar refractivity (Wildman–Crippen MR) is 91.9 cm³/mol. The first-order valence-corrected chi connectivity index (χ1v) is 8.93. The third kappa shape index (κ3) is 2.97. The van der Waals surface area contributed by atoms with Crippen molar-refractivity contribution in [3.63, 3.8) is 0 Å². The van der Waals surface area contributed by atoms with Gasteiger partial charge >= 0.3 is 0 Å². The van der Waals surface area contributed by atoms with Crippen molar-refractivity contribution in [3.05, 3.63) is 58.4 Å². The van der Waals surface area contributed by atoms with Crippen LogP contribution in [0.15, 0.2) is 40.4 Å². The molecule has 1 aliphatic carbocycles. The van der Waals surface area contributed by atoms with Crippen molar-refractivity contribution < 1.29 is 9.32 Å². The van der Waals surface area contributed by atoms with Crippen LogP contribution in [0.4, 0.5) is 0 Å². The quantitative estimate of drug-likeness (QED) is 0.788. The fraction of sp³-hybridized carbons (Fsp3) is 0.278. The van der Waals surface area contributed by atoms with E-state index < -0.39 is 0 Å². The normalized spacial score (nSPS) is 13.5. The molecule has 0 saturated carbocycles. The van der Waals surface area contributed by atoms with E-state index in [9.17, 15) is 4.79 Å². The van der Waals surface area contributed by atoms with Gasteiger partial charge in [0.25, 0.3) is 5.91 Å². The van der Waals surface area contributed by atoms with Gasteiger partial charge in [-0.2, -0.15) is 0 Å². The molecule has 0 spiro atoms. The van der Waals surface area contributed by atoms with Crippen molar-refractivity contribution in [3.8, 4) is 10.6 Å². The molecule has 1 aliphatic rings. The molecule has 1 amide bonds. The molecule has 5 nitrogen and oxygen atoms in total. The minimum atomic E-state index is -0.170. The lowest BCUT2D eigenvalue weighted by atomic mass is 9.96. The Hall–Kier alpha value is -2.47. The summed E-state index contributed by atoms with van der Waals surface area (Å²) in [7, 11) is 0. The summed E-state index contributed by atoms with van der Waals surface area (Å²) in [4.78, 5) is 17.9. The van der Waals surface area contributed by atoms with Crippen molar-refractivity contribution in [1.29, 1.82) is 0 Å². The minimum absolute atomic E-state index is 0.170. The van der Waals surface area contributed by atoms with Crippen LogP contribution in [0.1, 0.15) is 40.2 Å². The van der Waals surface area contributed by atoms with Crippen LogP contribution in [-0.4, -0.2) is 16.0 Å². The molecule has 122 valence electrons. The van der Waals surface area contributed by atoms with E-state index in [4.69, 9.17) is 4.52 Å². The molecule has 0 atom stereocenters. The second-order valence-electron chi connectivity index (χ2n) is 5.85. The third-order valence-electron chi connectivity index (χ3n) is 4.22. The van der Waals surface area contributed by atoms with Crippen LogP contribution in [-0.2, 0) is 19.4 Å². The Labute approximate surface area is 143 Å². The smallest absolute Gasteiger partial charge is 0.274 e. The largest absolute Gasteiger partial charge is 0.360 e. The summed E-state index contributed by atoms with van der Waals surface area (Å²) < 4.78 is 5.31. The summed E-state index contributed by atoms with van der Waals surface area (Å²) in [5, 5.41) is 8.94. The summed E-state index contributed by atoms with van der Waals surface area (Å²) in [6.07, 6.45) is 5.72. The van der Waals surface area contributed by atoms with Crippen molar-refractivity contribution in [2.24, 2.45) is 0 Å². The molecule has 3 aromatic heterocycles. The van der Waals surface area contributed by atoms with Crippen LogP contribution in [0.5, 0.6) is 0 Å². The Bertz CT molecular complexity index is 855. The third-order valence-corrected chi connectivity index (χ3v) is 5.11. The number of aromatic nitrogens is 2. The number of hydrogen-bond acceptors (Lipinski definition) is 5. The Morgan fingerprint density at radius 3 is 3.08 bits per heavy atom. The predicted octanol–water partition coefficient (Wildman–Crippen LogP) is 3.61. The molecule has 4 rings (SSSR count). The summed E-state index contributed by atoms with van der Waals surface area (Å²) in [5.41, 5.74) is 3.36. The van der Waals surface area contributed by atoms with Crippen LogP contribution in [0.3, 0.4) is 0 Å². The zero-order chi connectivity index (χ0) is 16.4. The number of aryl methyl sites for hydroxylation is 1. The van der Waals surface area contributed by atoms with Gasteiger partial charge < -0.3 is 9.84 Å². The first-order chi connectivity index (χ1) is 11.8. The number of nitrogens with zero attached hydrogens (tertiary/aromatic N) is 2. The maximum atomic E-state index is 12.4. The highest BCUT2D eigenvalue weighted by Gasteiger charge is 2.23. The average molecular weight is 339 g/mol. The molecule has 3 aromatic rings. The number of rotatable bonds is 4. The highest BCUT2D eigenvalue weighted by molar-refractivity contribution is 7.13. The highest BCUT2D eigenvalue weighted by atomic mass is 32.1. The lowest BCUT2D eigenvalue weighted by molar-refractivity contribution is 0.0941. The molecule has 0 aliphatic heterocycles. The average Bonchev–Trinajstić information content (AvgIpc) is 3.29. The van der Waals surface area contributed by atoms with Crippen molar-refractivity contribution in [2.75, 3.05) is 0 Å². The first-order valence-electron chi connectivity index (χ1n) is 8.05. The monoisotopic (exact) mass is 339 g/mol. The van der Waals surface area contributed by atoms with Crippen LogP contribution in [0, 0.1) is 0 Å². The minimum Gasteiger partial charge on any atom is -0.360 e. The van der Waals surface area contributed by atoms with Crippen LogP contribution < -0.4 is 5.32 Å². The van der Waals surface area contributed by atoms with Gasteiger partial charge in [-0.3, -0.25) is 9.78 Å². The molecule has 0 bridgehead atoms.